The molecule has 0 aromatic rings. The molecule has 0 aromatic heterocycles. The number of ether oxygens (including phenoxy) is 2. The van der Waals surface area contributed by atoms with E-state index < -0.39 is 0 Å². The second kappa shape index (κ2) is 6.88. The van der Waals surface area contributed by atoms with E-state index in [2.05, 4.69) is 19.2 Å². The highest BCUT2D eigenvalue weighted by atomic mass is 16.5. The molecule has 2 aliphatic heterocycles. The van der Waals surface area contributed by atoms with Crippen LogP contribution < -0.4 is 5.32 Å². The maximum Gasteiger partial charge on any atom is 0.0807 e. The van der Waals surface area contributed by atoms with Crippen LogP contribution >= 0.6 is 0 Å². The van der Waals surface area contributed by atoms with Gasteiger partial charge in [-0.15, -0.1) is 0 Å². The zero-order chi connectivity index (χ0) is 12.8. The van der Waals surface area contributed by atoms with E-state index in [1.165, 1.54) is 44.9 Å². The molecule has 3 unspecified atom stereocenters. The Morgan fingerprint density at radius 1 is 1.33 bits per heavy atom. The molecule has 1 N–H and O–H groups in total. The maximum atomic E-state index is 6.01. The molecule has 2 fully saturated rings. The molecule has 0 radical (unpaired) electrons. The molecule has 0 saturated carbocycles. The smallest absolute Gasteiger partial charge is 0.0807 e. The lowest BCUT2D eigenvalue weighted by Crippen LogP contribution is -2.49. The third kappa shape index (κ3) is 3.69. The van der Waals surface area contributed by atoms with E-state index in [1.807, 2.05) is 0 Å². The number of rotatable bonds is 7. The predicted molar refractivity (Wildman–Crippen MR) is 73.9 cm³/mol. The molecule has 2 rings (SSSR count). The van der Waals surface area contributed by atoms with Crippen LogP contribution in [0.2, 0.25) is 0 Å². The first-order chi connectivity index (χ1) is 8.74. The highest BCUT2D eigenvalue weighted by molar-refractivity contribution is 4.93. The van der Waals surface area contributed by atoms with E-state index in [0.29, 0.717) is 12.1 Å². The van der Waals surface area contributed by atoms with Crippen LogP contribution in [0.5, 0.6) is 0 Å². The van der Waals surface area contributed by atoms with Crippen LogP contribution in [0.15, 0.2) is 0 Å². The van der Waals surface area contributed by atoms with Gasteiger partial charge in [-0.05, 0) is 58.4 Å². The van der Waals surface area contributed by atoms with Gasteiger partial charge in [0.05, 0.1) is 11.7 Å². The minimum absolute atomic E-state index is 0.0494. The van der Waals surface area contributed by atoms with Gasteiger partial charge in [-0.3, -0.25) is 0 Å². The van der Waals surface area contributed by atoms with Gasteiger partial charge in [-0.1, -0.05) is 6.92 Å². The molecular weight excluding hydrogens is 226 g/mol. The zero-order valence-electron chi connectivity index (χ0n) is 12.0. The quantitative estimate of drug-likeness (QED) is 0.759. The molecule has 0 aliphatic carbocycles. The van der Waals surface area contributed by atoms with Crippen molar-refractivity contribution in [1.82, 2.24) is 5.32 Å². The lowest BCUT2D eigenvalue weighted by Gasteiger charge is -2.34. The Hall–Kier alpha value is -0.120. The zero-order valence-corrected chi connectivity index (χ0v) is 12.0. The van der Waals surface area contributed by atoms with Crippen molar-refractivity contribution in [2.45, 2.75) is 76.5 Å². The molecule has 0 aromatic carbocycles. The number of hydrogen-bond donors (Lipinski definition) is 1. The van der Waals surface area contributed by atoms with Gasteiger partial charge in [0.25, 0.3) is 0 Å². The maximum absolute atomic E-state index is 6.01. The van der Waals surface area contributed by atoms with E-state index in [0.717, 1.165) is 19.8 Å². The average Bonchev–Trinajstić information content (AvgIpc) is 3.01. The van der Waals surface area contributed by atoms with Gasteiger partial charge in [0.15, 0.2) is 0 Å². The Kier molecular flexibility index (Phi) is 5.46. The molecule has 2 aliphatic rings. The summed E-state index contributed by atoms with van der Waals surface area (Å²) >= 11 is 0. The fourth-order valence-electron chi connectivity index (χ4n) is 3.24. The van der Waals surface area contributed by atoms with Gasteiger partial charge < -0.3 is 14.8 Å². The summed E-state index contributed by atoms with van der Waals surface area (Å²) in [6.07, 6.45) is 8.94. The minimum Gasteiger partial charge on any atom is -0.378 e. The van der Waals surface area contributed by atoms with Gasteiger partial charge in [-0.25, -0.2) is 0 Å². The summed E-state index contributed by atoms with van der Waals surface area (Å²) in [7, 11) is 0. The fourth-order valence-corrected chi connectivity index (χ4v) is 3.24. The van der Waals surface area contributed by atoms with Gasteiger partial charge in [-0.2, -0.15) is 0 Å². The summed E-state index contributed by atoms with van der Waals surface area (Å²) < 4.78 is 11.7. The van der Waals surface area contributed by atoms with E-state index in [9.17, 15) is 0 Å². The van der Waals surface area contributed by atoms with Crippen LogP contribution in [-0.2, 0) is 9.47 Å². The first-order valence-corrected chi connectivity index (χ1v) is 7.73. The van der Waals surface area contributed by atoms with Crippen LogP contribution in [0, 0.1) is 0 Å². The molecule has 3 heteroatoms. The Morgan fingerprint density at radius 3 is 2.83 bits per heavy atom. The summed E-state index contributed by atoms with van der Waals surface area (Å²) in [6, 6.07) is 0.490. The highest BCUT2D eigenvalue weighted by Crippen LogP contribution is 2.31. The molecule has 0 spiro atoms. The molecule has 106 valence electrons. The van der Waals surface area contributed by atoms with Crippen LogP contribution in [0.25, 0.3) is 0 Å². The molecule has 2 saturated heterocycles. The number of nitrogens with one attached hydrogen (secondary N) is 1. The van der Waals surface area contributed by atoms with Crippen molar-refractivity contribution in [2.24, 2.45) is 0 Å². The van der Waals surface area contributed by atoms with Gasteiger partial charge in [0.1, 0.15) is 0 Å². The van der Waals surface area contributed by atoms with E-state index >= 15 is 0 Å². The summed E-state index contributed by atoms with van der Waals surface area (Å²) in [4.78, 5) is 0. The Morgan fingerprint density at radius 2 is 2.22 bits per heavy atom. The van der Waals surface area contributed by atoms with Crippen molar-refractivity contribution >= 4 is 0 Å². The predicted octanol–water partition coefficient (Wildman–Crippen LogP) is 2.88. The Bertz CT molecular complexity index is 233. The molecule has 3 nitrogen and oxygen atoms in total. The first kappa shape index (κ1) is 14.3. The summed E-state index contributed by atoms with van der Waals surface area (Å²) in [6.45, 7) is 7.49. The van der Waals surface area contributed by atoms with Crippen molar-refractivity contribution in [1.29, 1.82) is 0 Å². The minimum atomic E-state index is 0.0494. The van der Waals surface area contributed by atoms with Gasteiger partial charge >= 0.3 is 0 Å². The monoisotopic (exact) mass is 255 g/mol. The molecule has 18 heavy (non-hydrogen) atoms. The second-order valence-electron chi connectivity index (χ2n) is 5.98. The molecule has 0 bridgehead atoms. The van der Waals surface area contributed by atoms with E-state index in [4.69, 9.17) is 9.47 Å². The standard InChI is InChI=1S/C15H29NO2/c1-3-10-16-14(15(2)9-5-12-18-15)8-7-13-6-4-11-17-13/h13-14,16H,3-12H2,1-2H3. The second-order valence-corrected chi connectivity index (χ2v) is 5.98. The lowest BCUT2D eigenvalue weighted by atomic mass is 9.88. The largest absolute Gasteiger partial charge is 0.378 e. The topological polar surface area (TPSA) is 30.5 Å². The normalized spacial score (nSPS) is 34.0. The highest BCUT2D eigenvalue weighted by Gasteiger charge is 2.38. The van der Waals surface area contributed by atoms with Crippen LogP contribution in [0.4, 0.5) is 0 Å². The summed E-state index contributed by atoms with van der Waals surface area (Å²) in [5.41, 5.74) is 0.0494. The third-order valence-corrected chi connectivity index (χ3v) is 4.43. The van der Waals surface area contributed by atoms with E-state index in [-0.39, 0.29) is 5.60 Å². The Labute approximate surface area is 112 Å². The first-order valence-electron chi connectivity index (χ1n) is 7.73. The van der Waals surface area contributed by atoms with Crippen LogP contribution in [0.1, 0.15) is 58.8 Å². The summed E-state index contributed by atoms with van der Waals surface area (Å²) in [5, 5.41) is 3.70. The summed E-state index contributed by atoms with van der Waals surface area (Å²) in [5.74, 6) is 0. The van der Waals surface area contributed by atoms with Crippen LogP contribution in [0.3, 0.4) is 0 Å². The van der Waals surface area contributed by atoms with Crippen molar-refractivity contribution < 1.29 is 9.47 Å². The van der Waals surface area contributed by atoms with Gasteiger partial charge in [0, 0.05) is 19.3 Å². The van der Waals surface area contributed by atoms with Crippen LogP contribution in [-0.4, -0.2) is 37.5 Å². The van der Waals surface area contributed by atoms with E-state index in [1.54, 1.807) is 0 Å². The Balaban J connectivity index is 1.83. The fraction of sp³-hybridized carbons (Fsp3) is 1.00. The lowest BCUT2D eigenvalue weighted by molar-refractivity contribution is -0.0181. The van der Waals surface area contributed by atoms with Crippen molar-refractivity contribution in [3.05, 3.63) is 0 Å². The average molecular weight is 255 g/mol. The van der Waals surface area contributed by atoms with Crippen molar-refractivity contribution in [3.8, 4) is 0 Å². The van der Waals surface area contributed by atoms with Crippen molar-refractivity contribution in [3.63, 3.8) is 0 Å². The molecule has 2 heterocycles. The molecule has 0 amide bonds. The van der Waals surface area contributed by atoms with Gasteiger partial charge in [0.2, 0.25) is 0 Å². The van der Waals surface area contributed by atoms with Crippen molar-refractivity contribution in [2.75, 3.05) is 19.8 Å². The molecule has 3 atom stereocenters. The SMILES string of the molecule is CCCNC(CCC1CCCO1)C1(C)CCCO1. The third-order valence-electron chi connectivity index (χ3n) is 4.43. The number of hydrogen-bond acceptors (Lipinski definition) is 3. The molecular formula is C15H29NO2.